The van der Waals surface area contributed by atoms with Crippen LogP contribution in [0.2, 0.25) is 0 Å². The van der Waals surface area contributed by atoms with Crippen molar-refractivity contribution in [3.63, 3.8) is 0 Å². The standard InChI is InChI=1S/C8H14O3/c1-3-4-8(2,6-10)7(11)5-9/h1,7,9-11H,4-6H2,2H3/t7-,8+/m0/s1. The predicted octanol–water partition coefficient (Wildman–Crippen LogP) is -0.639. The van der Waals surface area contributed by atoms with Crippen LogP contribution in [0.15, 0.2) is 0 Å². The van der Waals surface area contributed by atoms with Crippen LogP contribution in [0.25, 0.3) is 0 Å². The van der Waals surface area contributed by atoms with Gasteiger partial charge in [-0.2, -0.15) is 0 Å². The Labute approximate surface area is 66.7 Å². The minimum atomic E-state index is -0.955. The fourth-order valence-electron chi connectivity index (χ4n) is 0.733. The topological polar surface area (TPSA) is 60.7 Å². The molecule has 0 fully saturated rings. The molecule has 0 heterocycles. The van der Waals surface area contributed by atoms with E-state index in [1.807, 2.05) is 0 Å². The normalized spacial score (nSPS) is 18.5. The van der Waals surface area contributed by atoms with Crippen molar-refractivity contribution in [3.8, 4) is 12.3 Å². The van der Waals surface area contributed by atoms with Gasteiger partial charge in [-0.3, -0.25) is 0 Å². The molecule has 3 N–H and O–H groups in total. The summed E-state index contributed by atoms with van der Waals surface area (Å²) in [5, 5.41) is 26.7. The average Bonchev–Trinajstić information content (AvgIpc) is 2.03. The summed E-state index contributed by atoms with van der Waals surface area (Å²) in [7, 11) is 0. The lowest BCUT2D eigenvalue weighted by Gasteiger charge is -2.29. The summed E-state index contributed by atoms with van der Waals surface area (Å²) in [4.78, 5) is 0. The molecule has 0 rings (SSSR count). The van der Waals surface area contributed by atoms with Crippen molar-refractivity contribution in [3.05, 3.63) is 0 Å². The van der Waals surface area contributed by atoms with Crippen molar-refractivity contribution < 1.29 is 15.3 Å². The molecule has 0 aliphatic rings. The Hall–Kier alpha value is -0.560. The second-order valence-corrected chi connectivity index (χ2v) is 2.89. The Morgan fingerprint density at radius 1 is 1.55 bits per heavy atom. The SMILES string of the molecule is C#CC[C@](C)(CO)[C@@H](O)CO. The molecule has 0 aromatic rings. The molecule has 3 nitrogen and oxygen atoms in total. The monoisotopic (exact) mass is 158 g/mol. The molecule has 0 saturated heterocycles. The Bertz CT molecular complexity index is 150. The summed E-state index contributed by atoms with van der Waals surface area (Å²) >= 11 is 0. The smallest absolute Gasteiger partial charge is 0.0855 e. The third-order valence-corrected chi connectivity index (χ3v) is 1.84. The van der Waals surface area contributed by atoms with E-state index in [1.54, 1.807) is 6.92 Å². The minimum Gasteiger partial charge on any atom is -0.396 e. The van der Waals surface area contributed by atoms with E-state index in [9.17, 15) is 5.11 Å². The quantitative estimate of drug-likeness (QED) is 0.477. The van der Waals surface area contributed by atoms with E-state index in [1.165, 1.54) is 0 Å². The fourth-order valence-corrected chi connectivity index (χ4v) is 0.733. The zero-order valence-electron chi connectivity index (χ0n) is 6.62. The summed E-state index contributed by atoms with van der Waals surface area (Å²) in [5.41, 5.74) is -0.774. The first-order valence-corrected chi connectivity index (χ1v) is 3.44. The van der Waals surface area contributed by atoms with E-state index in [4.69, 9.17) is 16.6 Å². The first-order chi connectivity index (χ1) is 5.10. The van der Waals surface area contributed by atoms with Gasteiger partial charge in [0, 0.05) is 11.8 Å². The Balaban J connectivity index is 4.21. The van der Waals surface area contributed by atoms with Gasteiger partial charge in [-0.25, -0.2) is 0 Å². The maximum absolute atomic E-state index is 9.20. The molecule has 0 spiro atoms. The molecule has 11 heavy (non-hydrogen) atoms. The van der Waals surface area contributed by atoms with Crippen LogP contribution in [0.1, 0.15) is 13.3 Å². The number of aliphatic hydroxyl groups excluding tert-OH is 3. The summed E-state index contributed by atoms with van der Waals surface area (Å²) in [5.74, 6) is 2.34. The Morgan fingerprint density at radius 3 is 2.36 bits per heavy atom. The lowest BCUT2D eigenvalue weighted by Crippen LogP contribution is -2.38. The van der Waals surface area contributed by atoms with Gasteiger partial charge < -0.3 is 15.3 Å². The molecule has 0 aliphatic carbocycles. The van der Waals surface area contributed by atoms with Crippen LogP contribution >= 0.6 is 0 Å². The van der Waals surface area contributed by atoms with E-state index in [2.05, 4.69) is 5.92 Å². The third kappa shape index (κ3) is 2.51. The summed E-state index contributed by atoms with van der Waals surface area (Å²) in [6.07, 6.45) is 4.33. The van der Waals surface area contributed by atoms with Gasteiger partial charge in [0.25, 0.3) is 0 Å². The molecular weight excluding hydrogens is 144 g/mol. The average molecular weight is 158 g/mol. The molecule has 0 saturated carbocycles. The molecule has 0 bridgehead atoms. The molecule has 0 aromatic heterocycles. The summed E-state index contributed by atoms with van der Waals surface area (Å²) in [6, 6.07) is 0. The van der Waals surface area contributed by atoms with Crippen LogP contribution < -0.4 is 0 Å². The Morgan fingerprint density at radius 2 is 2.09 bits per heavy atom. The maximum atomic E-state index is 9.20. The highest BCUT2D eigenvalue weighted by molar-refractivity contribution is 4.95. The van der Waals surface area contributed by atoms with Crippen LogP contribution in [-0.4, -0.2) is 34.6 Å². The number of hydrogen-bond acceptors (Lipinski definition) is 3. The molecular formula is C8H14O3. The van der Waals surface area contributed by atoms with Gasteiger partial charge in [0.1, 0.15) is 0 Å². The van der Waals surface area contributed by atoms with Gasteiger partial charge in [0.05, 0.1) is 19.3 Å². The van der Waals surface area contributed by atoms with Crippen LogP contribution in [0, 0.1) is 17.8 Å². The zero-order valence-corrected chi connectivity index (χ0v) is 6.62. The molecule has 3 heteroatoms. The number of hydrogen-bond donors (Lipinski definition) is 3. The highest BCUT2D eigenvalue weighted by Gasteiger charge is 2.30. The first kappa shape index (κ1) is 10.4. The van der Waals surface area contributed by atoms with Gasteiger partial charge in [0.15, 0.2) is 0 Å². The van der Waals surface area contributed by atoms with E-state index >= 15 is 0 Å². The van der Waals surface area contributed by atoms with E-state index < -0.39 is 11.5 Å². The van der Waals surface area contributed by atoms with Crippen molar-refractivity contribution in [2.75, 3.05) is 13.2 Å². The second-order valence-electron chi connectivity index (χ2n) is 2.89. The largest absolute Gasteiger partial charge is 0.396 e. The minimum absolute atomic E-state index is 0.223. The van der Waals surface area contributed by atoms with Crippen LogP contribution in [0.4, 0.5) is 0 Å². The molecule has 0 aromatic carbocycles. The molecule has 2 atom stereocenters. The molecule has 0 radical (unpaired) electrons. The van der Waals surface area contributed by atoms with Crippen LogP contribution in [0.3, 0.4) is 0 Å². The van der Waals surface area contributed by atoms with Crippen molar-refractivity contribution in [1.29, 1.82) is 0 Å². The highest BCUT2D eigenvalue weighted by atomic mass is 16.3. The maximum Gasteiger partial charge on any atom is 0.0855 e. The molecule has 0 aliphatic heterocycles. The van der Waals surface area contributed by atoms with Crippen LogP contribution in [0.5, 0.6) is 0 Å². The predicted molar refractivity (Wildman–Crippen MR) is 41.7 cm³/mol. The van der Waals surface area contributed by atoms with Gasteiger partial charge in [0.2, 0.25) is 0 Å². The van der Waals surface area contributed by atoms with Crippen LogP contribution in [-0.2, 0) is 0 Å². The number of aliphatic hydroxyl groups is 3. The lowest BCUT2D eigenvalue weighted by molar-refractivity contribution is -0.0333. The van der Waals surface area contributed by atoms with Crippen molar-refractivity contribution in [1.82, 2.24) is 0 Å². The van der Waals surface area contributed by atoms with E-state index in [0.29, 0.717) is 0 Å². The Kier molecular flexibility index (Phi) is 4.12. The fraction of sp³-hybridized carbons (Fsp3) is 0.750. The first-order valence-electron chi connectivity index (χ1n) is 3.44. The zero-order chi connectivity index (χ0) is 8.91. The lowest BCUT2D eigenvalue weighted by atomic mass is 9.82. The van der Waals surface area contributed by atoms with Crippen molar-refractivity contribution in [2.24, 2.45) is 5.41 Å². The highest BCUT2D eigenvalue weighted by Crippen LogP contribution is 2.24. The summed E-state index contributed by atoms with van der Waals surface area (Å²) in [6.45, 7) is 1.03. The second kappa shape index (κ2) is 4.35. The molecule has 0 amide bonds. The van der Waals surface area contributed by atoms with Crippen molar-refractivity contribution >= 4 is 0 Å². The molecule has 0 unspecified atom stereocenters. The van der Waals surface area contributed by atoms with Gasteiger partial charge in [-0.15, -0.1) is 12.3 Å². The summed E-state index contributed by atoms with van der Waals surface area (Å²) < 4.78 is 0. The van der Waals surface area contributed by atoms with E-state index in [0.717, 1.165) is 0 Å². The molecule has 64 valence electrons. The van der Waals surface area contributed by atoms with E-state index in [-0.39, 0.29) is 19.6 Å². The van der Waals surface area contributed by atoms with Gasteiger partial charge >= 0.3 is 0 Å². The van der Waals surface area contributed by atoms with Gasteiger partial charge in [-0.05, 0) is 0 Å². The number of rotatable bonds is 4. The third-order valence-electron chi connectivity index (χ3n) is 1.84. The van der Waals surface area contributed by atoms with Crippen molar-refractivity contribution in [2.45, 2.75) is 19.4 Å². The number of terminal acetylenes is 1. The van der Waals surface area contributed by atoms with Gasteiger partial charge in [-0.1, -0.05) is 6.92 Å².